The van der Waals surface area contributed by atoms with E-state index in [1.165, 1.54) is 10.6 Å². The maximum absolute atomic E-state index is 12.7. The molecular weight excluding hydrogens is 356 g/mol. The van der Waals surface area contributed by atoms with Gasteiger partial charge in [0.25, 0.3) is 5.56 Å². The second-order valence-electron chi connectivity index (χ2n) is 7.25. The highest BCUT2D eigenvalue weighted by molar-refractivity contribution is 5.90. The molecule has 7 heteroatoms. The van der Waals surface area contributed by atoms with Gasteiger partial charge < -0.3 is 15.0 Å². The van der Waals surface area contributed by atoms with Crippen molar-refractivity contribution in [1.82, 2.24) is 9.55 Å². The van der Waals surface area contributed by atoms with Crippen molar-refractivity contribution >= 4 is 17.5 Å². The van der Waals surface area contributed by atoms with Gasteiger partial charge >= 0.3 is 0 Å². The number of carbonyl (C=O) groups excluding carboxylic acids is 1. The van der Waals surface area contributed by atoms with Crippen LogP contribution in [-0.4, -0.2) is 41.8 Å². The summed E-state index contributed by atoms with van der Waals surface area (Å²) in [7, 11) is 0. The van der Waals surface area contributed by atoms with E-state index in [4.69, 9.17) is 4.74 Å². The monoisotopic (exact) mass is 384 g/mol. The molecule has 1 fully saturated rings. The van der Waals surface area contributed by atoms with Crippen LogP contribution >= 0.6 is 0 Å². The molecule has 0 aliphatic carbocycles. The molecule has 2 heterocycles. The van der Waals surface area contributed by atoms with Crippen molar-refractivity contribution in [3.05, 3.63) is 51.9 Å². The number of aromatic nitrogens is 2. The lowest BCUT2D eigenvalue weighted by molar-refractivity contribution is -0.116. The van der Waals surface area contributed by atoms with Gasteiger partial charge in [-0.15, -0.1) is 0 Å². The lowest BCUT2D eigenvalue weighted by Gasteiger charge is -2.29. The first-order chi connectivity index (χ1) is 13.5. The van der Waals surface area contributed by atoms with Crippen LogP contribution in [0.3, 0.4) is 0 Å². The molecule has 1 aromatic carbocycles. The number of aryl methyl sites for hydroxylation is 1. The molecule has 0 unspecified atom stereocenters. The summed E-state index contributed by atoms with van der Waals surface area (Å²) in [6, 6.07) is 9.29. The molecule has 1 aliphatic heterocycles. The molecule has 1 amide bonds. The first-order valence-electron chi connectivity index (χ1n) is 9.81. The molecule has 28 heavy (non-hydrogen) atoms. The Kier molecular flexibility index (Phi) is 6.46. The summed E-state index contributed by atoms with van der Waals surface area (Å²) in [6.07, 6.45) is 0.668. The highest BCUT2D eigenvalue weighted by Crippen LogP contribution is 2.19. The van der Waals surface area contributed by atoms with Crippen LogP contribution in [0.15, 0.2) is 35.1 Å². The number of nitrogens with one attached hydrogen (secondary N) is 1. The normalized spacial score (nSPS) is 14.4. The molecule has 150 valence electrons. The molecule has 0 spiro atoms. The number of ether oxygens (including phenoxy) is 1. The van der Waals surface area contributed by atoms with Crippen LogP contribution in [0.25, 0.3) is 0 Å². The molecule has 1 aromatic heterocycles. The lowest BCUT2D eigenvalue weighted by atomic mass is 10.0. The zero-order chi connectivity index (χ0) is 20.1. The van der Waals surface area contributed by atoms with Crippen LogP contribution in [0.2, 0.25) is 0 Å². The number of amides is 1. The largest absolute Gasteiger partial charge is 0.378 e. The van der Waals surface area contributed by atoms with E-state index in [2.05, 4.69) is 24.1 Å². The third-order valence-corrected chi connectivity index (χ3v) is 4.84. The first kappa shape index (κ1) is 20.1. The van der Waals surface area contributed by atoms with E-state index in [0.717, 1.165) is 16.9 Å². The summed E-state index contributed by atoms with van der Waals surface area (Å²) in [5.74, 6) is 0.667. The van der Waals surface area contributed by atoms with Crippen molar-refractivity contribution < 1.29 is 9.53 Å². The molecule has 1 N–H and O–H groups in total. The van der Waals surface area contributed by atoms with Crippen molar-refractivity contribution in [2.24, 2.45) is 0 Å². The molecule has 0 saturated carbocycles. The quantitative estimate of drug-likeness (QED) is 0.828. The number of carbonyl (C=O) groups is 1. The van der Waals surface area contributed by atoms with Gasteiger partial charge in [-0.1, -0.05) is 32.9 Å². The van der Waals surface area contributed by atoms with Crippen LogP contribution in [0, 0.1) is 0 Å². The third kappa shape index (κ3) is 4.78. The summed E-state index contributed by atoms with van der Waals surface area (Å²) in [5.41, 5.74) is 2.40. The van der Waals surface area contributed by atoms with Crippen molar-refractivity contribution in [3.63, 3.8) is 0 Å². The van der Waals surface area contributed by atoms with Gasteiger partial charge in [0.15, 0.2) is 0 Å². The van der Waals surface area contributed by atoms with Crippen molar-refractivity contribution in [1.29, 1.82) is 0 Å². The number of rotatable bonds is 6. The van der Waals surface area contributed by atoms with Gasteiger partial charge in [0.05, 0.1) is 13.2 Å². The average molecular weight is 384 g/mol. The zero-order valence-corrected chi connectivity index (χ0v) is 16.8. The smallest absolute Gasteiger partial charge is 0.255 e. The van der Waals surface area contributed by atoms with E-state index >= 15 is 0 Å². The Bertz CT molecular complexity index is 885. The third-order valence-electron chi connectivity index (χ3n) is 4.84. The van der Waals surface area contributed by atoms with Crippen LogP contribution in [0.1, 0.15) is 37.9 Å². The minimum absolute atomic E-state index is 0.0750. The zero-order valence-electron chi connectivity index (χ0n) is 16.8. The number of benzene rings is 1. The molecule has 2 aromatic rings. The van der Waals surface area contributed by atoms with Crippen LogP contribution in [0.5, 0.6) is 0 Å². The van der Waals surface area contributed by atoms with Gasteiger partial charge in [0.1, 0.15) is 6.54 Å². The Labute approximate surface area is 165 Å². The topological polar surface area (TPSA) is 76.5 Å². The lowest BCUT2D eigenvalue weighted by Crippen LogP contribution is -2.42. The number of anilines is 2. The first-order valence-corrected chi connectivity index (χ1v) is 9.81. The van der Waals surface area contributed by atoms with Gasteiger partial charge in [0, 0.05) is 30.5 Å². The minimum Gasteiger partial charge on any atom is -0.378 e. The molecule has 0 atom stereocenters. The summed E-state index contributed by atoms with van der Waals surface area (Å²) in [4.78, 5) is 32.0. The van der Waals surface area contributed by atoms with Gasteiger partial charge in [-0.25, -0.2) is 4.98 Å². The number of hydrogen-bond acceptors (Lipinski definition) is 5. The molecule has 1 aliphatic rings. The fourth-order valence-corrected chi connectivity index (χ4v) is 3.19. The van der Waals surface area contributed by atoms with E-state index in [1.54, 1.807) is 0 Å². The van der Waals surface area contributed by atoms with Gasteiger partial charge in [-0.3, -0.25) is 14.2 Å². The molecule has 0 bridgehead atoms. The maximum Gasteiger partial charge on any atom is 0.255 e. The second kappa shape index (κ2) is 9.01. The van der Waals surface area contributed by atoms with Crippen LogP contribution < -0.4 is 15.8 Å². The Morgan fingerprint density at radius 2 is 2.00 bits per heavy atom. The number of nitrogens with zero attached hydrogens (tertiary/aromatic N) is 3. The molecule has 7 nitrogen and oxygen atoms in total. The van der Waals surface area contributed by atoms with E-state index in [0.29, 0.717) is 44.6 Å². The van der Waals surface area contributed by atoms with Crippen molar-refractivity contribution in [2.45, 2.75) is 39.7 Å². The van der Waals surface area contributed by atoms with E-state index in [1.807, 2.05) is 36.1 Å². The average Bonchev–Trinajstić information content (AvgIpc) is 2.70. The summed E-state index contributed by atoms with van der Waals surface area (Å²) in [6.45, 7) is 8.57. The Morgan fingerprint density at radius 1 is 1.25 bits per heavy atom. The standard InChI is InChI=1S/C21H28N4O3/c1-4-17-13-20(27)25(21(23-17)24-8-10-28-11-9-24)14-19(26)22-18-7-5-6-16(12-18)15(2)3/h5-7,12-13,15H,4,8-11,14H2,1-3H3,(H,22,26). The predicted molar refractivity (Wildman–Crippen MR) is 110 cm³/mol. The van der Waals surface area contributed by atoms with Gasteiger partial charge in [-0.2, -0.15) is 0 Å². The van der Waals surface area contributed by atoms with Crippen LogP contribution in [0.4, 0.5) is 11.6 Å². The van der Waals surface area contributed by atoms with Crippen molar-refractivity contribution in [2.75, 3.05) is 36.5 Å². The highest BCUT2D eigenvalue weighted by atomic mass is 16.5. The molecule has 0 radical (unpaired) electrons. The summed E-state index contributed by atoms with van der Waals surface area (Å²) >= 11 is 0. The Hall–Kier alpha value is -2.67. The fourth-order valence-electron chi connectivity index (χ4n) is 3.19. The van der Waals surface area contributed by atoms with Gasteiger partial charge in [0.2, 0.25) is 11.9 Å². The van der Waals surface area contributed by atoms with E-state index < -0.39 is 0 Å². The molecular formula is C21H28N4O3. The Balaban J connectivity index is 1.83. The maximum atomic E-state index is 12.7. The fraction of sp³-hybridized carbons (Fsp3) is 0.476. The van der Waals surface area contributed by atoms with E-state index in [-0.39, 0.29) is 18.0 Å². The highest BCUT2D eigenvalue weighted by Gasteiger charge is 2.20. The molecule has 3 rings (SSSR count). The van der Waals surface area contributed by atoms with Gasteiger partial charge in [-0.05, 0) is 30.0 Å². The predicted octanol–water partition coefficient (Wildman–Crippen LogP) is 2.40. The molecule has 1 saturated heterocycles. The van der Waals surface area contributed by atoms with E-state index in [9.17, 15) is 9.59 Å². The van der Waals surface area contributed by atoms with Crippen molar-refractivity contribution in [3.8, 4) is 0 Å². The SMILES string of the molecule is CCc1cc(=O)n(CC(=O)Nc2cccc(C(C)C)c2)c(N2CCOCC2)n1. The second-order valence-corrected chi connectivity index (χ2v) is 7.25. The summed E-state index contributed by atoms with van der Waals surface area (Å²) in [5, 5.41) is 2.90. The number of hydrogen-bond donors (Lipinski definition) is 1. The minimum atomic E-state index is -0.247. The Morgan fingerprint density at radius 3 is 2.68 bits per heavy atom. The number of morpholine rings is 1. The summed E-state index contributed by atoms with van der Waals surface area (Å²) < 4.78 is 6.85. The van der Waals surface area contributed by atoms with Crippen LogP contribution in [-0.2, 0) is 22.5 Å².